The van der Waals surface area contributed by atoms with E-state index in [2.05, 4.69) is 20.3 Å². The first kappa shape index (κ1) is 19.1. The molecule has 3 rings (SSSR count). The first-order valence-electron chi connectivity index (χ1n) is 8.09. The van der Waals surface area contributed by atoms with E-state index < -0.39 is 6.61 Å². The van der Waals surface area contributed by atoms with E-state index in [0.717, 1.165) is 22.4 Å². The van der Waals surface area contributed by atoms with Gasteiger partial charge < -0.3 is 9.47 Å². The van der Waals surface area contributed by atoms with Crippen LogP contribution in [-0.4, -0.2) is 33.9 Å². The van der Waals surface area contributed by atoms with Gasteiger partial charge in [-0.2, -0.15) is 13.5 Å². The maximum Gasteiger partial charge on any atom is 0.387 e. The summed E-state index contributed by atoms with van der Waals surface area (Å²) in [4.78, 5) is 0. The van der Waals surface area contributed by atoms with Crippen molar-refractivity contribution in [2.24, 2.45) is 0 Å². The molecule has 2 aromatic carbocycles. The lowest BCUT2D eigenvalue weighted by Crippen LogP contribution is -2.04. The zero-order chi connectivity index (χ0) is 19.4. The van der Waals surface area contributed by atoms with Crippen LogP contribution >= 0.6 is 11.8 Å². The summed E-state index contributed by atoms with van der Waals surface area (Å²) in [6.45, 7) is 1.15. The first-order valence-corrected chi connectivity index (χ1v) is 9.07. The van der Waals surface area contributed by atoms with Crippen molar-refractivity contribution in [3.63, 3.8) is 0 Å². The molecule has 0 spiro atoms. The smallest absolute Gasteiger partial charge is 0.387 e. The highest BCUT2D eigenvalue weighted by Crippen LogP contribution is 2.32. The zero-order valence-electron chi connectivity index (χ0n) is 15.0. The van der Waals surface area contributed by atoms with Crippen LogP contribution in [0.3, 0.4) is 0 Å². The molecular formula is C18H18F2N4O2S. The van der Waals surface area contributed by atoms with Gasteiger partial charge in [-0.3, -0.25) is 0 Å². The number of benzene rings is 2. The second-order valence-corrected chi connectivity index (χ2v) is 6.69. The van der Waals surface area contributed by atoms with Crippen LogP contribution in [0.2, 0.25) is 0 Å². The number of alkyl halides is 2. The Morgan fingerprint density at radius 3 is 2.70 bits per heavy atom. The third-order valence-corrected chi connectivity index (χ3v) is 5.05. The lowest BCUT2D eigenvalue weighted by Gasteiger charge is -2.12. The Balaban J connectivity index is 1.79. The van der Waals surface area contributed by atoms with Crippen LogP contribution < -0.4 is 9.47 Å². The maximum absolute atomic E-state index is 12.4. The van der Waals surface area contributed by atoms with Gasteiger partial charge in [-0.25, -0.2) is 0 Å². The molecule has 0 saturated carbocycles. The van der Waals surface area contributed by atoms with Gasteiger partial charge in [0.2, 0.25) is 5.16 Å². The van der Waals surface area contributed by atoms with E-state index >= 15 is 0 Å². The van der Waals surface area contributed by atoms with Crippen molar-refractivity contribution in [3.05, 3.63) is 53.1 Å². The summed E-state index contributed by atoms with van der Waals surface area (Å²) in [6.07, 6.45) is 0. The van der Waals surface area contributed by atoms with Gasteiger partial charge in [-0.05, 0) is 59.2 Å². The van der Waals surface area contributed by atoms with E-state index in [1.165, 1.54) is 24.9 Å². The second kappa shape index (κ2) is 8.34. The molecule has 0 amide bonds. The Morgan fingerprint density at radius 2 is 1.96 bits per heavy atom. The number of methoxy groups -OCH3 is 1. The predicted molar refractivity (Wildman–Crippen MR) is 97.8 cm³/mol. The quantitative estimate of drug-likeness (QED) is 0.562. The molecule has 3 aromatic rings. The van der Waals surface area contributed by atoms with Gasteiger partial charge in [0.1, 0.15) is 0 Å². The summed E-state index contributed by atoms with van der Waals surface area (Å²) in [6, 6.07) is 10.8. The van der Waals surface area contributed by atoms with Crippen LogP contribution in [0.4, 0.5) is 8.78 Å². The predicted octanol–water partition coefficient (Wildman–Crippen LogP) is 4.18. The number of thioether (sulfide) groups is 1. The van der Waals surface area contributed by atoms with Gasteiger partial charge in [0.25, 0.3) is 0 Å². The summed E-state index contributed by atoms with van der Waals surface area (Å²) in [5.74, 6) is 0.792. The molecule has 6 nitrogen and oxygen atoms in total. The number of aromatic nitrogens is 4. The SMILES string of the molecule is COc1cc(CSc2nnnn2-c2cccc(C)c2C)ccc1OC(F)F. The molecular weight excluding hydrogens is 374 g/mol. The fourth-order valence-electron chi connectivity index (χ4n) is 2.53. The molecule has 0 aliphatic carbocycles. The van der Waals surface area contributed by atoms with Crippen LogP contribution in [0.25, 0.3) is 5.69 Å². The maximum atomic E-state index is 12.4. The highest BCUT2D eigenvalue weighted by atomic mass is 32.2. The Hall–Kier alpha value is -2.68. The van der Waals surface area contributed by atoms with Crippen molar-refractivity contribution < 1.29 is 18.3 Å². The number of nitrogens with zero attached hydrogens (tertiary/aromatic N) is 4. The van der Waals surface area contributed by atoms with Gasteiger partial charge in [0, 0.05) is 5.75 Å². The minimum Gasteiger partial charge on any atom is -0.493 e. The topological polar surface area (TPSA) is 62.1 Å². The first-order chi connectivity index (χ1) is 13.0. The lowest BCUT2D eigenvalue weighted by atomic mass is 10.1. The van der Waals surface area contributed by atoms with E-state index in [-0.39, 0.29) is 11.5 Å². The van der Waals surface area contributed by atoms with Gasteiger partial charge in [0.05, 0.1) is 12.8 Å². The van der Waals surface area contributed by atoms with Crippen LogP contribution in [0, 0.1) is 13.8 Å². The number of hydrogen-bond acceptors (Lipinski definition) is 6. The molecule has 0 saturated heterocycles. The van der Waals surface area contributed by atoms with E-state index in [1.54, 1.807) is 16.8 Å². The minimum absolute atomic E-state index is 0.00136. The van der Waals surface area contributed by atoms with E-state index in [1.807, 2.05) is 32.0 Å². The van der Waals surface area contributed by atoms with Crippen molar-refractivity contribution in [3.8, 4) is 17.2 Å². The minimum atomic E-state index is -2.90. The third-order valence-electron chi connectivity index (χ3n) is 4.06. The van der Waals surface area contributed by atoms with Crippen LogP contribution in [0.1, 0.15) is 16.7 Å². The summed E-state index contributed by atoms with van der Waals surface area (Å²) < 4.78 is 36.1. The van der Waals surface area contributed by atoms with Crippen molar-refractivity contribution in [1.29, 1.82) is 0 Å². The molecule has 0 fully saturated rings. The Kier molecular flexibility index (Phi) is 5.90. The normalized spacial score (nSPS) is 11.0. The average Bonchev–Trinajstić information content (AvgIpc) is 3.11. The fraction of sp³-hybridized carbons (Fsp3) is 0.278. The van der Waals surface area contributed by atoms with E-state index in [0.29, 0.717) is 10.9 Å². The molecule has 0 radical (unpaired) electrons. The molecule has 0 unspecified atom stereocenters. The number of halogens is 2. The molecule has 1 aromatic heterocycles. The number of ether oxygens (including phenoxy) is 2. The summed E-state index contributed by atoms with van der Waals surface area (Å²) in [5.41, 5.74) is 4.04. The Bertz CT molecular complexity index is 933. The number of rotatable bonds is 7. The fourth-order valence-corrected chi connectivity index (χ4v) is 3.35. The summed E-state index contributed by atoms with van der Waals surface area (Å²) in [7, 11) is 1.41. The average molecular weight is 392 g/mol. The molecule has 0 atom stereocenters. The highest BCUT2D eigenvalue weighted by molar-refractivity contribution is 7.98. The number of tetrazole rings is 1. The second-order valence-electron chi connectivity index (χ2n) is 5.74. The summed E-state index contributed by atoms with van der Waals surface area (Å²) >= 11 is 1.44. The largest absolute Gasteiger partial charge is 0.493 e. The molecule has 1 heterocycles. The van der Waals surface area contributed by atoms with Gasteiger partial charge in [-0.1, -0.05) is 30.0 Å². The highest BCUT2D eigenvalue weighted by Gasteiger charge is 2.14. The van der Waals surface area contributed by atoms with Crippen LogP contribution in [-0.2, 0) is 5.75 Å². The van der Waals surface area contributed by atoms with E-state index in [9.17, 15) is 8.78 Å². The Morgan fingerprint density at radius 1 is 1.15 bits per heavy atom. The number of hydrogen-bond donors (Lipinski definition) is 0. The number of aryl methyl sites for hydroxylation is 1. The van der Waals surface area contributed by atoms with Crippen molar-refractivity contribution in [2.75, 3.05) is 7.11 Å². The molecule has 0 bridgehead atoms. The van der Waals surface area contributed by atoms with E-state index in [4.69, 9.17) is 4.74 Å². The van der Waals surface area contributed by atoms with Crippen LogP contribution in [0.15, 0.2) is 41.6 Å². The van der Waals surface area contributed by atoms with Crippen molar-refractivity contribution >= 4 is 11.8 Å². The Labute approximate surface area is 159 Å². The standard InChI is InChI=1S/C18H18F2N4O2S/c1-11-5-4-6-14(12(11)2)24-18(21-22-23-24)27-10-13-7-8-15(26-17(19)20)16(9-13)25-3/h4-9,17H,10H2,1-3H3. The third kappa shape index (κ3) is 4.36. The van der Waals surface area contributed by atoms with Crippen molar-refractivity contribution in [2.45, 2.75) is 31.4 Å². The summed E-state index contributed by atoms with van der Waals surface area (Å²) in [5, 5.41) is 12.6. The van der Waals surface area contributed by atoms with Gasteiger partial charge in [0.15, 0.2) is 11.5 Å². The molecule has 0 aliphatic heterocycles. The molecule has 0 aliphatic rings. The zero-order valence-corrected chi connectivity index (χ0v) is 15.8. The van der Waals surface area contributed by atoms with Gasteiger partial charge >= 0.3 is 6.61 Å². The van der Waals surface area contributed by atoms with Crippen molar-refractivity contribution in [1.82, 2.24) is 20.2 Å². The molecule has 0 N–H and O–H groups in total. The van der Waals surface area contributed by atoms with Gasteiger partial charge in [-0.15, -0.1) is 5.10 Å². The van der Waals surface area contributed by atoms with Crippen LogP contribution in [0.5, 0.6) is 11.5 Å². The molecule has 142 valence electrons. The monoisotopic (exact) mass is 392 g/mol. The lowest BCUT2D eigenvalue weighted by molar-refractivity contribution is -0.0512. The molecule has 27 heavy (non-hydrogen) atoms. The molecule has 9 heteroatoms.